The van der Waals surface area contributed by atoms with E-state index < -0.39 is 6.04 Å². The summed E-state index contributed by atoms with van der Waals surface area (Å²) < 4.78 is 7.08. The molecule has 1 N–H and O–H groups in total. The summed E-state index contributed by atoms with van der Waals surface area (Å²) in [7, 11) is 1.97. The first-order valence-corrected chi connectivity index (χ1v) is 11.6. The van der Waals surface area contributed by atoms with Gasteiger partial charge in [0.15, 0.2) is 5.76 Å². The molecule has 1 aliphatic heterocycles. The Kier molecular flexibility index (Phi) is 7.60. The maximum atomic E-state index is 13.1. The molecular weight excluding hydrogens is 402 g/mol. The number of hydrogen-bond acceptors (Lipinski definition) is 6. The molecule has 2 aromatic heterocycles. The number of aromatic nitrogens is 2. The Labute approximate surface area is 182 Å². The molecule has 0 radical (unpaired) electrons. The van der Waals surface area contributed by atoms with Crippen molar-refractivity contribution in [3.05, 3.63) is 41.1 Å². The van der Waals surface area contributed by atoms with E-state index in [0.29, 0.717) is 19.5 Å². The SMILES string of the molecule is CSCCC(NC(=O)c1ccco1)C(=O)N1CCN(Cc2c(C)nn(C)c2C)CC1. The molecule has 0 aromatic carbocycles. The summed E-state index contributed by atoms with van der Waals surface area (Å²) in [5.74, 6) is 0.663. The lowest BCUT2D eigenvalue weighted by atomic mass is 10.1. The van der Waals surface area contributed by atoms with Crippen molar-refractivity contribution in [1.29, 1.82) is 0 Å². The highest BCUT2D eigenvalue weighted by molar-refractivity contribution is 7.98. The van der Waals surface area contributed by atoms with Crippen molar-refractivity contribution in [1.82, 2.24) is 24.9 Å². The van der Waals surface area contributed by atoms with Gasteiger partial charge in [0.1, 0.15) is 6.04 Å². The third kappa shape index (κ3) is 5.26. The number of amides is 2. The Morgan fingerprint density at radius 2 is 2.00 bits per heavy atom. The van der Waals surface area contributed by atoms with Crippen LogP contribution in [0.4, 0.5) is 0 Å². The van der Waals surface area contributed by atoms with Gasteiger partial charge in [0.2, 0.25) is 5.91 Å². The van der Waals surface area contributed by atoms with Crippen molar-refractivity contribution in [3.8, 4) is 0 Å². The van der Waals surface area contributed by atoms with Crippen LogP contribution < -0.4 is 5.32 Å². The van der Waals surface area contributed by atoms with E-state index in [9.17, 15) is 9.59 Å². The zero-order valence-electron chi connectivity index (χ0n) is 18.2. The molecule has 1 atom stereocenters. The molecule has 30 heavy (non-hydrogen) atoms. The quantitative estimate of drug-likeness (QED) is 0.684. The molecule has 0 spiro atoms. The molecule has 2 amide bonds. The zero-order valence-corrected chi connectivity index (χ0v) is 19.0. The van der Waals surface area contributed by atoms with Crippen LogP contribution in [0.3, 0.4) is 0 Å². The van der Waals surface area contributed by atoms with Crippen LogP contribution in [-0.4, -0.2) is 75.6 Å². The summed E-state index contributed by atoms with van der Waals surface area (Å²) in [5, 5.41) is 7.35. The number of nitrogens with one attached hydrogen (secondary N) is 1. The molecule has 1 saturated heterocycles. The van der Waals surface area contributed by atoms with E-state index in [1.54, 1.807) is 23.9 Å². The average Bonchev–Trinajstić information content (AvgIpc) is 3.36. The van der Waals surface area contributed by atoms with E-state index in [4.69, 9.17) is 4.42 Å². The van der Waals surface area contributed by atoms with Gasteiger partial charge in [-0.15, -0.1) is 0 Å². The molecule has 0 bridgehead atoms. The third-order valence-electron chi connectivity index (χ3n) is 5.68. The lowest BCUT2D eigenvalue weighted by Crippen LogP contribution is -2.55. The smallest absolute Gasteiger partial charge is 0.287 e. The molecule has 1 unspecified atom stereocenters. The van der Waals surface area contributed by atoms with E-state index in [-0.39, 0.29) is 17.6 Å². The van der Waals surface area contributed by atoms with Crippen LogP contribution in [0.5, 0.6) is 0 Å². The number of thioether (sulfide) groups is 1. The molecule has 1 aliphatic rings. The molecule has 8 nitrogen and oxygen atoms in total. The van der Waals surface area contributed by atoms with Crippen molar-refractivity contribution in [3.63, 3.8) is 0 Å². The average molecular weight is 434 g/mol. The van der Waals surface area contributed by atoms with Crippen LogP contribution in [0.15, 0.2) is 22.8 Å². The molecule has 9 heteroatoms. The number of furan rings is 1. The maximum absolute atomic E-state index is 13.1. The van der Waals surface area contributed by atoms with Crippen molar-refractivity contribution in [2.24, 2.45) is 7.05 Å². The maximum Gasteiger partial charge on any atom is 0.287 e. The monoisotopic (exact) mass is 433 g/mol. The Hall–Kier alpha value is -2.26. The summed E-state index contributed by atoms with van der Waals surface area (Å²) >= 11 is 1.66. The third-order valence-corrected chi connectivity index (χ3v) is 6.33. The predicted octanol–water partition coefficient (Wildman–Crippen LogP) is 1.83. The fraction of sp³-hybridized carbons (Fsp3) is 0.571. The lowest BCUT2D eigenvalue weighted by Gasteiger charge is -2.36. The van der Waals surface area contributed by atoms with E-state index in [0.717, 1.165) is 31.1 Å². The van der Waals surface area contributed by atoms with Gasteiger partial charge in [0.05, 0.1) is 12.0 Å². The van der Waals surface area contributed by atoms with Gasteiger partial charge < -0.3 is 14.6 Å². The topological polar surface area (TPSA) is 83.6 Å². The normalized spacial score (nSPS) is 15.9. The number of hydrogen-bond donors (Lipinski definition) is 1. The van der Waals surface area contributed by atoms with Gasteiger partial charge in [0.25, 0.3) is 5.91 Å². The molecular formula is C21H31N5O3S. The van der Waals surface area contributed by atoms with Crippen molar-refractivity contribution < 1.29 is 14.0 Å². The van der Waals surface area contributed by atoms with Gasteiger partial charge in [-0.05, 0) is 44.4 Å². The van der Waals surface area contributed by atoms with Gasteiger partial charge >= 0.3 is 0 Å². The van der Waals surface area contributed by atoms with Gasteiger partial charge in [-0.3, -0.25) is 19.2 Å². The Morgan fingerprint density at radius 1 is 1.27 bits per heavy atom. The van der Waals surface area contributed by atoms with Gasteiger partial charge in [-0.2, -0.15) is 16.9 Å². The van der Waals surface area contributed by atoms with Crippen LogP contribution in [-0.2, 0) is 18.4 Å². The second-order valence-electron chi connectivity index (χ2n) is 7.66. The Morgan fingerprint density at radius 3 is 2.57 bits per heavy atom. The highest BCUT2D eigenvalue weighted by atomic mass is 32.2. The Balaban J connectivity index is 1.57. The van der Waals surface area contributed by atoms with Crippen molar-refractivity contribution >= 4 is 23.6 Å². The summed E-state index contributed by atoms with van der Waals surface area (Å²) in [6.45, 7) is 7.90. The van der Waals surface area contributed by atoms with E-state index >= 15 is 0 Å². The molecule has 164 valence electrons. The largest absolute Gasteiger partial charge is 0.459 e. The number of nitrogens with zero attached hydrogens (tertiary/aromatic N) is 4. The Bertz CT molecular complexity index is 856. The van der Waals surface area contributed by atoms with Gasteiger partial charge in [0, 0.05) is 51.0 Å². The molecule has 3 heterocycles. The molecule has 2 aromatic rings. The highest BCUT2D eigenvalue weighted by Gasteiger charge is 2.29. The second kappa shape index (κ2) is 10.2. The molecule has 0 saturated carbocycles. The number of rotatable bonds is 8. The van der Waals surface area contributed by atoms with Gasteiger partial charge in [-0.25, -0.2) is 0 Å². The van der Waals surface area contributed by atoms with E-state index in [1.165, 1.54) is 17.5 Å². The standard InChI is InChI=1S/C21H31N5O3S/c1-15-17(16(2)24(3)23-15)14-25-8-10-26(11-9-25)21(28)18(7-13-30-4)22-20(27)19-6-5-12-29-19/h5-6,12,18H,7-11,13-14H2,1-4H3,(H,22,27). The zero-order chi connectivity index (χ0) is 21.7. The minimum Gasteiger partial charge on any atom is -0.459 e. The van der Waals surface area contributed by atoms with Gasteiger partial charge in [-0.1, -0.05) is 0 Å². The lowest BCUT2D eigenvalue weighted by molar-refractivity contribution is -0.135. The van der Waals surface area contributed by atoms with Crippen LogP contribution in [0, 0.1) is 13.8 Å². The first-order valence-electron chi connectivity index (χ1n) is 10.2. The molecule has 1 fully saturated rings. The molecule has 3 rings (SSSR count). The summed E-state index contributed by atoms with van der Waals surface area (Å²) in [5.41, 5.74) is 3.51. The first kappa shape index (κ1) is 22.4. The number of aryl methyl sites for hydroxylation is 2. The van der Waals surface area contributed by atoms with Crippen LogP contribution >= 0.6 is 11.8 Å². The second-order valence-corrected chi connectivity index (χ2v) is 8.64. The minimum absolute atomic E-state index is 0.0163. The predicted molar refractivity (Wildman–Crippen MR) is 118 cm³/mol. The van der Waals surface area contributed by atoms with Crippen LogP contribution in [0.2, 0.25) is 0 Å². The number of carbonyl (C=O) groups is 2. The van der Waals surface area contributed by atoms with Crippen LogP contribution in [0.1, 0.15) is 33.9 Å². The summed E-state index contributed by atoms with van der Waals surface area (Å²) in [6.07, 6.45) is 4.05. The molecule has 0 aliphatic carbocycles. The van der Waals surface area contributed by atoms with E-state index in [2.05, 4.69) is 22.2 Å². The fourth-order valence-electron chi connectivity index (χ4n) is 3.75. The van der Waals surface area contributed by atoms with E-state index in [1.807, 2.05) is 29.8 Å². The summed E-state index contributed by atoms with van der Waals surface area (Å²) in [6, 6.07) is 2.73. The first-order chi connectivity index (χ1) is 14.4. The fourth-order valence-corrected chi connectivity index (χ4v) is 4.22. The highest BCUT2D eigenvalue weighted by Crippen LogP contribution is 2.17. The number of piperazine rings is 1. The van der Waals surface area contributed by atoms with Crippen LogP contribution in [0.25, 0.3) is 0 Å². The van der Waals surface area contributed by atoms with Crippen molar-refractivity contribution in [2.75, 3.05) is 38.2 Å². The van der Waals surface area contributed by atoms with Crippen molar-refractivity contribution in [2.45, 2.75) is 32.9 Å². The minimum atomic E-state index is -0.538. The number of carbonyl (C=O) groups excluding carboxylic acids is 2. The summed E-state index contributed by atoms with van der Waals surface area (Å²) in [4.78, 5) is 29.7.